The Hall–Kier alpha value is -2.16. The van der Waals surface area contributed by atoms with Gasteiger partial charge in [0.1, 0.15) is 5.82 Å². The standard InChI is InChI=1S/C16H16FNO/c1-11-4-3-5-13(8-11)9-16(19)18-15-10-14(17)7-6-12(15)2/h3-8,10H,9H2,1-2H3,(H,18,19). The number of anilines is 1. The fraction of sp³-hybridized carbons (Fsp3) is 0.188. The van der Waals surface area contributed by atoms with Gasteiger partial charge < -0.3 is 5.32 Å². The molecule has 0 fully saturated rings. The second-order valence-electron chi connectivity index (χ2n) is 4.67. The van der Waals surface area contributed by atoms with Crippen molar-refractivity contribution in [2.24, 2.45) is 0 Å². The van der Waals surface area contributed by atoms with Crippen molar-refractivity contribution in [1.82, 2.24) is 0 Å². The number of carbonyl (C=O) groups is 1. The number of amides is 1. The molecule has 2 aromatic rings. The topological polar surface area (TPSA) is 29.1 Å². The van der Waals surface area contributed by atoms with E-state index in [1.165, 1.54) is 12.1 Å². The van der Waals surface area contributed by atoms with E-state index < -0.39 is 0 Å². The third kappa shape index (κ3) is 3.65. The van der Waals surface area contributed by atoms with Crippen molar-refractivity contribution in [2.45, 2.75) is 20.3 Å². The summed E-state index contributed by atoms with van der Waals surface area (Å²) in [7, 11) is 0. The Labute approximate surface area is 112 Å². The first-order valence-corrected chi connectivity index (χ1v) is 6.16. The van der Waals surface area contributed by atoms with Crippen LogP contribution in [0.4, 0.5) is 10.1 Å². The number of benzene rings is 2. The van der Waals surface area contributed by atoms with Gasteiger partial charge in [0.25, 0.3) is 0 Å². The molecule has 0 atom stereocenters. The smallest absolute Gasteiger partial charge is 0.228 e. The second kappa shape index (κ2) is 5.65. The third-order valence-electron chi connectivity index (χ3n) is 2.92. The molecule has 0 saturated carbocycles. The molecule has 0 bridgehead atoms. The Balaban J connectivity index is 2.07. The Kier molecular flexibility index (Phi) is 3.95. The van der Waals surface area contributed by atoms with Gasteiger partial charge in [-0.05, 0) is 37.1 Å². The van der Waals surface area contributed by atoms with E-state index in [-0.39, 0.29) is 18.1 Å². The van der Waals surface area contributed by atoms with E-state index >= 15 is 0 Å². The molecular weight excluding hydrogens is 241 g/mol. The maximum Gasteiger partial charge on any atom is 0.228 e. The van der Waals surface area contributed by atoms with Gasteiger partial charge in [-0.25, -0.2) is 4.39 Å². The number of nitrogens with one attached hydrogen (secondary N) is 1. The molecule has 19 heavy (non-hydrogen) atoms. The predicted octanol–water partition coefficient (Wildman–Crippen LogP) is 3.62. The van der Waals surface area contributed by atoms with Crippen molar-refractivity contribution in [1.29, 1.82) is 0 Å². The van der Waals surface area contributed by atoms with Crippen molar-refractivity contribution < 1.29 is 9.18 Å². The molecule has 2 nitrogen and oxygen atoms in total. The van der Waals surface area contributed by atoms with Gasteiger partial charge in [-0.15, -0.1) is 0 Å². The molecule has 0 saturated heterocycles. The minimum absolute atomic E-state index is 0.140. The maximum absolute atomic E-state index is 13.1. The van der Waals surface area contributed by atoms with Crippen molar-refractivity contribution in [3.8, 4) is 0 Å². The van der Waals surface area contributed by atoms with E-state index in [1.54, 1.807) is 6.07 Å². The Morgan fingerprint density at radius 3 is 2.68 bits per heavy atom. The summed E-state index contributed by atoms with van der Waals surface area (Å²) in [5, 5.41) is 2.74. The maximum atomic E-state index is 13.1. The van der Waals surface area contributed by atoms with Gasteiger partial charge in [0.15, 0.2) is 0 Å². The van der Waals surface area contributed by atoms with E-state index in [9.17, 15) is 9.18 Å². The van der Waals surface area contributed by atoms with E-state index in [2.05, 4.69) is 5.32 Å². The number of carbonyl (C=O) groups excluding carboxylic acids is 1. The molecule has 0 aromatic heterocycles. The van der Waals surface area contributed by atoms with E-state index in [0.29, 0.717) is 5.69 Å². The minimum Gasteiger partial charge on any atom is -0.325 e. The minimum atomic E-state index is -0.351. The molecule has 2 rings (SSSR count). The van der Waals surface area contributed by atoms with Gasteiger partial charge in [0.05, 0.1) is 6.42 Å². The van der Waals surface area contributed by atoms with Crippen LogP contribution in [-0.4, -0.2) is 5.91 Å². The normalized spacial score (nSPS) is 10.3. The first-order valence-electron chi connectivity index (χ1n) is 6.16. The van der Waals surface area contributed by atoms with Gasteiger partial charge in [-0.3, -0.25) is 4.79 Å². The monoisotopic (exact) mass is 257 g/mol. The molecule has 3 heteroatoms. The average Bonchev–Trinajstić information content (AvgIpc) is 2.34. The van der Waals surface area contributed by atoms with Crippen LogP contribution in [0.5, 0.6) is 0 Å². The zero-order chi connectivity index (χ0) is 13.8. The fourth-order valence-electron chi connectivity index (χ4n) is 1.93. The van der Waals surface area contributed by atoms with E-state index in [0.717, 1.165) is 16.7 Å². The van der Waals surface area contributed by atoms with Crippen LogP contribution in [0.3, 0.4) is 0 Å². The molecular formula is C16H16FNO. The van der Waals surface area contributed by atoms with Crippen LogP contribution in [0.15, 0.2) is 42.5 Å². The third-order valence-corrected chi connectivity index (χ3v) is 2.92. The first-order chi connectivity index (χ1) is 9.04. The summed E-state index contributed by atoms with van der Waals surface area (Å²) < 4.78 is 13.1. The number of aryl methyl sites for hydroxylation is 2. The fourth-order valence-corrected chi connectivity index (χ4v) is 1.93. The summed E-state index contributed by atoms with van der Waals surface area (Å²) in [5.74, 6) is -0.490. The van der Waals surface area contributed by atoms with Crippen LogP contribution in [-0.2, 0) is 11.2 Å². The summed E-state index contributed by atoms with van der Waals surface area (Å²) in [6.07, 6.45) is 0.289. The van der Waals surface area contributed by atoms with Crippen LogP contribution in [0.2, 0.25) is 0 Å². The molecule has 0 aliphatic heterocycles. The van der Waals surface area contributed by atoms with Crippen LogP contribution in [0.1, 0.15) is 16.7 Å². The molecule has 1 N–H and O–H groups in total. The lowest BCUT2D eigenvalue weighted by molar-refractivity contribution is -0.115. The highest BCUT2D eigenvalue weighted by Gasteiger charge is 2.07. The predicted molar refractivity (Wildman–Crippen MR) is 74.6 cm³/mol. The number of rotatable bonds is 3. The summed E-state index contributed by atoms with van der Waals surface area (Å²) in [6, 6.07) is 12.2. The van der Waals surface area contributed by atoms with Crippen LogP contribution >= 0.6 is 0 Å². The Morgan fingerprint density at radius 2 is 1.95 bits per heavy atom. The molecule has 0 unspecified atom stereocenters. The summed E-state index contributed by atoms with van der Waals surface area (Å²) in [4.78, 5) is 11.9. The summed E-state index contributed by atoms with van der Waals surface area (Å²) >= 11 is 0. The van der Waals surface area contributed by atoms with Crippen molar-refractivity contribution >= 4 is 11.6 Å². The zero-order valence-corrected chi connectivity index (χ0v) is 11.0. The second-order valence-corrected chi connectivity index (χ2v) is 4.67. The van der Waals surface area contributed by atoms with Crippen LogP contribution < -0.4 is 5.32 Å². The van der Waals surface area contributed by atoms with Gasteiger partial charge in [0, 0.05) is 5.69 Å². The van der Waals surface area contributed by atoms with Crippen molar-refractivity contribution in [3.05, 3.63) is 65.0 Å². The van der Waals surface area contributed by atoms with Gasteiger partial charge >= 0.3 is 0 Å². The van der Waals surface area contributed by atoms with E-state index in [1.807, 2.05) is 38.1 Å². The van der Waals surface area contributed by atoms with Gasteiger partial charge in [-0.1, -0.05) is 35.9 Å². The Bertz CT molecular complexity index is 607. The first kappa shape index (κ1) is 13.3. The highest BCUT2D eigenvalue weighted by atomic mass is 19.1. The molecule has 0 aliphatic carbocycles. The zero-order valence-electron chi connectivity index (χ0n) is 11.0. The number of hydrogen-bond donors (Lipinski definition) is 1. The summed E-state index contributed by atoms with van der Waals surface area (Å²) in [6.45, 7) is 3.82. The van der Waals surface area contributed by atoms with E-state index in [4.69, 9.17) is 0 Å². The highest BCUT2D eigenvalue weighted by Crippen LogP contribution is 2.16. The number of halogens is 1. The molecule has 2 aromatic carbocycles. The Morgan fingerprint density at radius 1 is 1.16 bits per heavy atom. The van der Waals surface area contributed by atoms with Crippen molar-refractivity contribution in [2.75, 3.05) is 5.32 Å². The largest absolute Gasteiger partial charge is 0.325 e. The van der Waals surface area contributed by atoms with Gasteiger partial charge in [-0.2, -0.15) is 0 Å². The summed E-state index contributed by atoms with van der Waals surface area (Å²) in [5.41, 5.74) is 3.44. The lowest BCUT2D eigenvalue weighted by Crippen LogP contribution is -2.15. The van der Waals surface area contributed by atoms with Crippen LogP contribution in [0.25, 0.3) is 0 Å². The molecule has 0 radical (unpaired) electrons. The lowest BCUT2D eigenvalue weighted by Gasteiger charge is -2.08. The molecule has 0 spiro atoms. The number of hydrogen-bond acceptors (Lipinski definition) is 1. The molecule has 0 aliphatic rings. The molecule has 1 amide bonds. The quantitative estimate of drug-likeness (QED) is 0.894. The van der Waals surface area contributed by atoms with Crippen molar-refractivity contribution in [3.63, 3.8) is 0 Å². The lowest BCUT2D eigenvalue weighted by atomic mass is 10.1. The molecule has 0 heterocycles. The van der Waals surface area contributed by atoms with Crippen LogP contribution in [0, 0.1) is 19.7 Å². The van der Waals surface area contributed by atoms with Gasteiger partial charge in [0.2, 0.25) is 5.91 Å². The SMILES string of the molecule is Cc1cccc(CC(=O)Nc2cc(F)ccc2C)c1. The highest BCUT2D eigenvalue weighted by molar-refractivity contribution is 5.92. The average molecular weight is 257 g/mol. The molecule has 98 valence electrons.